The highest BCUT2D eigenvalue weighted by Crippen LogP contribution is 2.23. The molecule has 0 saturated heterocycles. The van der Waals surface area contributed by atoms with Crippen molar-refractivity contribution < 1.29 is 13.9 Å². The van der Waals surface area contributed by atoms with Crippen molar-refractivity contribution in [1.29, 1.82) is 0 Å². The number of aromatic nitrogens is 1. The quantitative estimate of drug-likeness (QED) is 0.886. The molecule has 23 heavy (non-hydrogen) atoms. The molecule has 0 bridgehead atoms. The molecule has 0 radical (unpaired) electrons. The molecule has 1 N–H and O–H groups in total. The Morgan fingerprint density at radius 2 is 2.04 bits per heavy atom. The maximum atomic E-state index is 13.2. The molecule has 0 aliphatic carbocycles. The van der Waals surface area contributed by atoms with Gasteiger partial charge < -0.3 is 15.0 Å². The lowest BCUT2D eigenvalue weighted by molar-refractivity contribution is 0.202. The van der Waals surface area contributed by atoms with E-state index in [2.05, 4.69) is 10.3 Å². The van der Waals surface area contributed by atoms with E-state index in [1.54, 1.807) is 29.3 Å². The van der Waals surface area contributed by atoms with Gasteiger partial charge in [-0.1, -0.05) is 12.1 Å². The second kappa shape index (κ2) is 8.12. The van der Waals surface area contributed by atoms with Crippen molar-refractivity contribution in [2.24, 2.45) is 0 Å². The summed E-state index contributed by atoms with van der Waals surface area (Å²) in [7, 11) is 0. The topological polar surface area (TPSA) is 54.5 Å². The van der Waals surface area contributed by atoms with Gasteiger partial charge in [-0.25, -0.2) is 14.2 Å². The third-order valence-corrected chi connectivity index (χ3v) is 3.34. The van der Waals surface area contributed by atoms with Crippen molar-refractivity contribution in [3.63, 3.8) is 0 Å². The minimum atomic E-state index is -0.380. The fourth-order valence-electron chi connectivity index (χ4n) is 2.09. The Labute approximate surface area is 135 Å². The first-order valence-corrected chi connectivity index (χ1v) is 7.54. The number of pyridine rings is 1. The third-order valence-electron chi connectivity index (χ3n) is 3.34. The SMILES string of the molecule is CCN(CC)C(=O)NCc1cccnc1Oc1cccc(F)c1. The number of urea groups is 1. The minimum Gasteiger partial charge on any atom is -0.439 e. The molecule has 0 saturated carbocycles. The predicted octanol–water partition coefficient (Wildman–Crippen LogP) is 3.56. The Morgan fingerprint density at radius 1 is 1.26 bits per heavy atom. The van der Waals surface area contributed by atoms with Crippen LogP contribution in [0.25, 0.3) is 0 Å². The summed E-state index contributed by atoms with van der Waals surface area (Å²) in [5.74, 6) is 0.327. The van der Waals surface area contributed by atoms with Crippen LogP contribution in [0, 0.1) is 5.82 Å². The van der Waals surface area contributed by atoms with Gasteiger partial charge in [0.2, 0.25) is 5.88 Å². The van der Waals surface area contributed by atoms with Gasteiger partial charge in [0, 0.05) is 37.5 Å². The van der Waals surface area contributed by atoms with Crippen LogP contribution >= 0.6 is 0 Å². The molecular weight excluding hydrogens is 297 g/mol. The van der Waals surface area contributed by atoms with Crippen LogP contribution in [0.4, 0.5) is 9.18 Å². The van der Waals surface area contributed by atoms with Crippen LogP contribution in [0.3, 0.4) is 0 Å². The zero-order chi connectivity index (χ0) is 16.7. The molecular formula is C17H20FN3O2. The summed E-state index contributed by atoms with van der Waals surface area (Å²) >= 11 is 0. The van der Waals surface area contributed by atoms with Crippen LogP contribution in [-0.4, -0.2) is 29.0 Å². The first-order valence-electron chi connectivity index (χ1n) is 7.54. The lowest BCUT2D eigenvalue weighted by atomic mass is 10.2. The first-order chi connectivity index (χ1) is 11.1. The zero-order valence-electron chi connectivity index (χ0n) is 13.3. The Morgan fingerprint density at radius 3 is 2.74 bits per heavy atom. The van der Waals surface area contributed by atoms with Crippen molar-refractivity contribution in [1.82, 2.24) is 15.2 Å². The summed E-state index contributed by atoms with van der Waals surface area (Å²) in [4.78, 5) is 17.8. The van der Waals surface area contributed by atoms with Crippen LogP contribution < -0.4 is 10.1 Å². The number of carbonyl (C=O) groups is 1. The van der Waals surface area contributed by atoms with E-state index in [0.717, 1.165) is 5.56 Å². The normalized spacial score (nSPS) is 10.2. The van der Waals surface area contributed by atoms with E-state index in [1.165, 1.54) is 12.1 Å². The summed E-state index contributed by atoms with van der Waals surface area (Å²) in [6, 6.07) is 9.27. The van der Waals surface area contributed by atoms with E-state index in [0.29, 0.717) is 24.7 Å². The summed E-state index contributed by atoms with van der Waals surface area (Å²) < 4.78 is 18.8. The summed E-state index contributed by atoms with van der Waals surface area (Å²) in [6.07, 6.45) is 1.59. The van der Waals surface area contributed by atoms with Gasteiger partial charge in [-0.3, -0.25) is 0 Å². The molecule has 0 spiro atoms. The lowest BCUT2D eigenvalue weighted by Crippen LogP contribution is -2.39. The van der Waals surface area contributed by atoms with E-state index in [9.17, 15) is 9.18 Å². The van der Waals surface area contributed by atoms with E-state index >= 15 is 0 Å². The Bertz CT molecular complexity index is 660. The van der Waals surface area contributed by atoms with Gasteiger partial charge in [0.05, 0.1) is 0 Å². The molecule has 5 nitrogen and oxygen atoms in total. The molecule has 2 amide bonds. The van der Waals surface area contributed by atoms with E-state index < -0.39 is 0 Å². The fourth-order valence-corrected chi connectivity index (χ4v) is 2.09. The van der Waals surface area contributed by atoms with Crippen molar-refractivity contribution in [2.75, 3.05) is 13.1 Å². The van der Waals surface area contributed by atoms with Crippen LogP contribution in [0.2, 0.25) is 0 Å². The molecule has 122 valence electrons. The molecule has 1 heterocycles. The second-order valence-corrected chi connectivity index (χ2v) is 4.86. The Kier molecular flexibility index (Phi) is 5.91. The lowest BCUT2D eigenvalue weighted by Gasteiger charge is -2.19. The number of amides is 2. The van der Waals surface area contributed by atoms with Gasteiger partial charge in [0.1, 0.15) is 11.6 Å². The number of ether oxygens (including phenoxy) is 1. The number of halogens is 1. The highest BCUT2D eigenvalue weighted by atomic mass is 19.1. The van der Waals surface area contributed by atoms with Gasteiger partial charge in [0.25, 0.3) is 0 Å². The fraction of sp³-hybridized carbons (Fsp3) is 0.294. The van der Waals surface area contributed by atoms with Gasteiger partial charge in [-0.05, 0) is 32.0 Å². The molecule has 1 aromatic heterocycles. The number of nitrogens with one attached hydrogen (secondary N) is 1. The second-order valence-electron chi connectivity index (χ2n) is 4.86. The van der Waals surface area contributed by atoms with E-state index in [4.69, 9.17) is 4.74 Å². The largest absolute Gasteiger partial charge is 0.439 e. The van der Waals surface area contributed by atoms with Crippen LogP contribution in [0.5, 0.6) is 11.6 Å². The van der Waals surface area contributed by atoms with Crippen LogP contribution in [0.1, 0.15) is 19.4 Å². The highest BCUT2D eigenvalue weighted by Gasteiger charge is 2.11. The molecule has 0 aliphatic rings. The maximum Gasteiger partial charge on any atom is 0.317 e. The van der Waals surface area contributed by atoms with Crippen molar-refractivity contribution in [2.45, 2.75) is 20.4 Å². The van der Waals surface area contributed by atoms with Crippen molar-refractivity contribution in [3.8, 4) is 11.6 Å². The predicted molar refractivity (Wildman–Crippen MR) is 85.9 cm³/mol. The number of hydrogen-bond donors (Lipinski definition) is 1. The number of benzene rings is 1. The average molecular weight is 317 g/mol. The molecule has 2 aromatic rings. The van der Waals surface area contributed by atoms with Gasteiger partial charge >= 0.3 is 6.03 Å². The summed E-state index contributed by atoms with van der Waals surface area (Å²) in [5, 5.41) is 2.83. The van der Waals surface area contributed by atoms with Gasteiger partial charge in [-0.2, -0.15) is 0 Å². The molecule has 0 fully saturated rings. The number of nitrogens with zero attached hydrogens (tertiary/aromatic N) is 2. The molecule has 1 aromatic carbocycles. The minimum absolute atomic E-state index is 0.143. The van der Waals surface area contributed by atoms with Crippen LogP contribution in [0.15, 0.2) is 42.6 Å². The maximum absolute atomic E-state index is 13.2. The van der Waals surface area contributed by atoms with Crippen molar-refractivity contribution >= 4 is 6.03 Å². The van der Waals surface area contributed by atoms with Crippen molar-refractivity contribution in [3.05, 3.63) is 54.0 Å². The number of hydrogen-bond acceptors (Lipinski definition) is 3. The Balaban J connectivity index is 2.07. The summed E-state index contributed by atoms with van der Waals surface area (Å²) in [5.41, 5.74) is 0.720. The van der Waals surface area contributed by atoms with E-state index in [1.807, 2.05) is 19.9 Å². The third kappa shape index (κ3) is 4.67. The van der Waals surface area contributed by atoms with Gasteiger partial charge in [-0.15, -0.1) is 0 Å². The van der Waals surface area contributed by atoms with Gasteiger partial charge in [0.15, 0.2) is 0 Å². The zero-order valence-corrected chi connectivity index (χ0v) is 13.3. The van der Waals surface area contributed by atoms with E-state index in [-0.39, 0.29) is 18.4 Å². The standard InChI is InChI=1S/C17H20FN3O2/c1-3-21(4-2)17(22)20-12-13-7-6-10-19-16(13)23-15-9-5-8-14(18)11-15/h5-11H,3-4,12H2,1-2H3,(H,20,22). The molecule has 0 unspecified atom stereocenters. The average Bonchev–Trinajstić information content (AvgIpc) is 2.55. The highest BCUT2D eigenvalue weighted by molar-refractivity contribution is 5.74. The first kappa shape index (κ1) is 16.7. The molecule has 6 heteroatoms. The molecule has 0 aliphatic heterocycles. The Hall–Kier alpha value is -2.63. The number of carbonyl (C=O) groups excluding carboxylic acids is 1. The molecule has 2 rings (SSSR count). The van der Waals surface area contributed by atoms with Crippen LogP contribution in [-0.2, 0) is 6.54 Å². The smallest absolute Gasteiger partial charge is 0.317 e. The monoisotopic (exact) mass is 317 g/mol. The number of rotatable bonds is 6. The molecule has 0 atom stereocenters. The summed E-state index contributed by atoms with van der Waals surface area (Å²) in [6.45, 7) is 5.41.